The van der Waals surface area contributed by atoms with Gasteiger partial charge in [0.25, 0.3) is 0 Å². The summed E-state index contributed by atoms with van der Waals surface area (Å²) in [4.78, 5) is -0.540. The predicted molar refractivity (Wildman–Crippen MR) is 111 cm³/mol. The van der Waals surface area contributed by atoms with Crippen LogP contribution in [0.25, 0.3) is 0 Å². The Morgan fingerprint density at radius 1 is 1.13 bits per heavy atom. The largest absolute Gasteiger partial charge is 0.370 e. The summed E-state index contributed by atoms with van der Waals surface area (Å²) >= 11 is 5.89. The molecule has 1 aliphatic heterocycles. The van der Waals surface area contributed by atoms with Crippen molar-refractivity contribution in [2.45, 2.75) is 31.1 Å². The molecule has 1 aliphatic rings. The number of aromatic nitrogens is 2. The molecule has 1 aromatic heterocycles. The highest BCUT2D eigenvalue weighted by Gasteiger charge is 2.33. The molecule has 2 aromatic carbocycles. The molecule has 3 aromatic rings. The van der Waals surface area contributed by atoms with Gasteiger partial charge in [-0.2, -0.15) is 9.40 Å². The van der Waals surface area contributed by atoms with Gasteiger partial charge in [0.2, 0.25) is 10.0 Å². The monoisotopic (exact) mass is 467 g/mol. The molecular weight excluding hydrogens is 448 g/mol. The topological polar surface area (TPSA) is 64.4 Å². The van der Waals surface area contributed by atoms with Gasteiger partial charge in [0.05, 0.1) is 18.9 Å². The van der Waals surface area contributed by atoms with Crippen LogP contribution >= 0.6 is 11.6 Å². The highest BCUT2D eigenvalue weighted by molar-refractivity contribution is 7.89. The second-order valence-corrected chi connectivity index (χ2v) is 9.62. The molecular formula is C21H20ClF2N3O3S. The van der Waals surface area contributed by atoms with E-state index in [0.717, 1.165) is 29.0 Å². The van der Waals surface area contributed by atoms with E-state index in [-0.39, 0.29) is 19.7 Å². The van der Waals surface area contributed by atoms with Gasteiger partial charge < -0.3 is 4.74 Å². The summed E-state index contributed by atoms with van der Waals surface area (Å²) in [5.41, 5.74) is 3.24. The van der Waals surface area contributed by atoms with E-state index in [1.807, 2.05) is 12.1 Å². The van der Waals surface area contributed by atoms with Gasteiger partial charge in [0.15, 0.2) is 0 Å². The van der Waals surface area contributed by atoms with Crippen LogP contribution in [0.3, 0.4) is 0 Å². The molecule has 0 N–H and O–H groups in total. The molecule has 164 valence electrons. The van der Waals surface area contributed by atoms with Gasteiger partial charge in [-0.05, 0) is 29.8 Å². The van der Waals surface area contributed by atoms with Crippen LogP contribution in [0.1, 0.15) is 22.5 Å². The van der Waals surface area contributed by atoms with Crippen molar-refractivity contribution in [2.75, 3.05) is 6.54 Å². The summed E-state index contributed by atoms with van der Waals surface area (Å²) in [6.45, 7) is 0.772. The van der Waals surface area contributed by atoms with E-state index < -0.39 is 26.6 Å². The summed E-state index contributed by atoms with van der Waals surface area (Å²) < 4.78 is 62.0. The van der Waals surface area contributed by atoms with E-state index in [9.17, 15) is 17.2 Å². The third-order valence-corrected chi connectivity index (χ3v) is 7.35. The molecule has 0 spiro atoms. The predicted octanol–water partition coefficient (Wildman–Crippen LogP) is 3.82. The first-order chi connectivity index (χ1) is 14.8. The van der Waals surface area contributed by atoms with E-state index in [1.165, 1.54) is 4.31 Å². The second-order valence-electron chi connectivity index (χ2n) is 7.28. The molecule has 6 nitrogen and oxygen atoms in total. The number of halogens is 3. The Morgan fingerprint density at radius 3 is 2.58 bits per heavy atom. The van der Waals surface area contributed by atoms with Crippen molar-refractivity contribution in [3.8, 4) is 0 Å². The summed E-state index contributed by atoms with van der Waals surface area (Å²) in [7, 11) is -2.33. The molecule has 0 atom stereocenters. The van der Waals surface area contributed by atoms with Crippen molar-refractivity contribution in [2.24, 2.45) is 7.05 Å². The Kier molecular flexibility index (Phi) is 6.11. The van der Waals surface area contributed by atoms with Crippen LogP contribution in [0.15, 0.2) is 47.4 Å². The number of aryl methyl sites for hydroxylation is 1. The van der Waals surface area contributed by atoms with Gasteiger partial charge in [-0.15, -0.1) is 0 Å². The van der Waals surface area contributed by atoms with Crippen LogP contribution in [0.2, 0.25) is 5.02 Å². The zero-order valence-corrected chi connectivity index (χ0v) is 18.3. The number of sulfonamides is 1. The minimum Gasteiger partial charge on any atom is -0.370 e. The third-order valence-electron chi connectivity index (χ3n) is 5.22. The van der Waals surface area contributed by atoms with Gasteiger partial charge in [0, 0.05) is 48.9 Å². The Balaban J connectivity index is 1.52. The Bertz CT molecular complexity index is 1210. The summed E-state index contributed by atoms with van der Waals surface area (Å²) in [5, 5.41) is 5.12. The number of rotatable bonds is 6. The van der Waals surface area contributed by atoms with Crippen LogP contribution in [-0.2, 0) is 48.0 Å². The minimum absolute atomic E-state index is 0.0436. The number of hydrogen-bond acceptors (Lipinski definition) is 4. The molecule has 10 heteroatoms. The lowest BCUT2D eigenvalue weighted by molar-refractivity contribution is 0.103. The number of ether oxygens (including phenoxy) is 1. The standard InChI is InChI=1S/C21H20ClF2N3O3S/c1-26-20-8-9-27(31(28,29)21-7-6-16(23)10-18(21)24)11-17(20)19(25-26)13-30-12-14-2-4-15(22)5-3-14/h2-7,10H,8-9,11-13H2,1H3. The minimum atomic E-state index is -4.13. The molecule has 4 rings (SSSR count). The van der Waals surface area contributed by atoms with Gasteiger partial charge in [-0.1, -0.05) is 23.7 Å². The normalized spacial score (nSPS) is 14.6. The van der Waals surface area contributed by atoms with Crippen molar-refractivity contribution in [1.82, 2.24) is 14.1 Å². The molecule has 0 fully saturated rings. The zero-order valence-electron chi connectivity index (χ0n) is 16.7. The quantitative estimate of drug-likeness (QED) is 0.553. The van der Waals surface area contributed by atoms with Crippen LogP contribution in [0.4, 0.5) is 8.78 Å². The van der Waals surface area contributed by atoms with Crippen molar-refractivity contribution in [3.05, 3.63) is 81.6 Å². The molecule has 0 saturated carbocycles. The lowest BCUT2D eigenvalue weighted by Crippen LogP contribution is -2.37. The van der Waals surface area contributed by atoms with Gasteiger partial charge >= 0.3 is 0 Å². The molecule has 0 unspecified atom stereocenters. The first kappa shape index (κ1) is 21.9. The maximum Gasteiger partial charge on any atom is 0.246 e. The maximum atomic E-state index is 14.1. The van der Waals surface area contributed by atoms with Gasteiger partial charge in [0.1, 0.15) is 16.5 Å². The first-order valence-corrected chi connectivity index (χ1v) is 11.4. The van der Waals surface area contributed by atoms with Gasteiger partial charge in [-0.25, -0.2) is 17.2 Å². The molecule has 2 heterocycles. The average molecular weight is 468 g/mol. The zero-order chi connectivity index (χ0) is 22.2. The van der Waals surface area contributed by atoms with Crippen molar-refractivity contribution >= 4 is 21.6 Å². The Hall–Kier alpha value is -2.33. The van der Waals surface area contributed by atoms with Crippen LogP contribution in [0.5, 0.6) is 0 Å². The number of fused-ring (bicyclic) bond motifs is 1. The molecule has 0 amide bonds. The molecule has 31 heavy (non-hydrogen) atoms. The lowest BCUT2D eigenvalue weighted by Gasteiger charge is -2.27. The van der Waals surface area contributed by atoms with E-state index in [4.69, 9.17) is 16.3 Å². The highest BCUT2D eigenvalue weighted by atomic mass is 35.5. The molecule has 0 aliphatic carbocycles. The first-order valence-electron chi connectivity index (χ1n) is 9.56. The fourth-order valence-electron chi connectivity index (χ4n) is 3.64. The van der Waals surface area contributed by atoms with E-state index in [2.05, 4.69) is 5.10 Å². The van der Waals surface area contributed by atoms with Crippen LogP contribution in [-0.4, -0.2) is 29.0 Å². The van der Waals surface area contributed by atoms with Crippen LogP contribution in [0, 0.1) is 11.6 Å². The van der Waals surface area contributed by atoms with E-state index in [0.29, 0.717) is 29.8 Å². The fourth-order valence-corrected chi connectivity index (χ4v) is 5.22. The summed E-state index contributed by atoms with van der Waals surface area (Å²) in [6.07, 6.45) is 0.429. The van der Waals surface area contributed by atoms with Crippen molar-refractivity contribution < 1.29 is 21.9 Å². The van der Waals surface area contributed by atoms with E-state index in [1.54, 1.807) is 23.9 Å². The van der Waals surface area contributed by atoms with Crippen LogP contribution < -0.4 is 0 Å². The summed E-state index contributed by atoms with van der Waals surface area (Å²) in [6, 6.07) is 9.74. The molecule has 0 saturated heterocycles. The average Bonchev–Trinajstić information content (AvgIpc) is 3.04. The Morgan fingerprint density at radius 2 is 1.87 bits per heavy atom. The molecule has 0 bridgehead atoms. The lowest BCUT2D eigenvalue weighted by atomic mass is 10.1. The maximum absolute atomic E-state index is 14.1. The third kappa shape index (κ3) is 4.50. The highest BCUT2D eigenvalue weighted by Crippen LogP contribution is 2.28. The smallest absolute Gasteiger partial charge is 0.246 e. The fraction of sp³-hybridized carbons (Fsp3) is 0.286. The Labute approximate surface area is 184 Å². The van der Waals surface area contributed by atoms with Crippen molar-refractivity contribution in [1.29, 1.82) is 0 Å². The van der Waals surface area contributed by atoms with Crippen molar-refractivity contribution in [3.63, 3.8) is 0 Å². The SMILES string of the molecule is Cn1nc(COCc2ccc(Cl)cc2)c2c1CCN(S(=O)(=O)c1ccc(F)cc1F)C2. The number of hydrogen-bond donors (Lipinski definition) is 0. The number of nitrogens with zero attached hydrogens (tertiary/aromatic N) is 3. The molecule has 0 radical (unpaired) electrons. The second kappa shape index (κ2) is 8.66. The van der Waals surface area contributed by atoms with Gasteiger partial charge in [-0.3, -0.25) is 4.68 Å². The number of benzene rings is 2. The van der Waals surface area contributed by atoms with E-state index >= 15 is 0 Å². The summed E-state index contributed by atoms with van der Waals surface area (Å²) in [5.74, 6) is -1.94.